The molecule has 31 heavy (non-hydrogen) atoms. The molecule has 2 aromatic rings. The Kier molecular flexibility index (Phi) is 6.50. The first-order valence-electron chi connectivity index (χ1n) is 11.2. The monoisotopic (exact) mass is 414 g/mol. The van der Waals surface area contributed by atoms with E-state index in [1.807, 2.05) is 18.2 Å². The van der Waals surface area contributed by atoms with Crippen LogP contribution in [-0.2, 0) is 0 Å². The minimum atomic E-state index is -0.306. The van der Waals surface area contributed by atoms with E-state index in [1.165, 1.54) is 30.0 Å². The number of nitrogens with two attached hydrogens (primary N) is 1. The summed E-state index contributed by atoms with van der Waals surface area (Å²) in [7, 11) is 0. The number of para-hydroxylation sites is 1. The standard InChI is InChI=1S/C28H31FN2/c1-19(2)16-25(21-11-12-21)23-7-5-6-20(17-23)10-15-24(30)18-28(22-13-14-22)31-27-9-4-3-8-26(27)29/h3-10,15,17-18,21-22,25H,1,11-14,16,30H2,2H3/b15-10+,24-18?,31-28?. The maximum Gasteiger partial charge on any atom is 0.148 e. The zero-order valence-corrected chi connectivity index (χ0v) is 18.2. The molecule has 1 unspecified atom stereocenters. The molecular weight excluding hydrogens is 383 g/mol. The smallest absolute Gasteiger partial charge is 0.148 e. The van der Waals surface area contributed by atoms with Crippen LogP contribution in [0.15, 0.2) is 83.5 Å². The molecule has 2 aliphatic rings. The van der Waals surface area contributed by atoms with E-state index in [0.29, 0.717) is 23.2 Å². The number of halogens is 1. The summed E-state index contributed by atoms with van der Waals surface area (Å²) in [6, 6.07) is 15.3. The first-order valence-corrected chi connectivity index (χ1v) is 11.2. The lowest BCUT2D eigenvalue weighted by molar-refractivity contribution is 0.600. The molecule has 2 N–H and O–H groups in total. The van der Waals surface area contributed by atoms with Crippen LogP contribution >= 0.6 is 0 Å². The third-order valence-electron chi connectivity index (χ3n) is 5.98. The molecule has 2 saturated carbocycles. The minimum Gasteiger partial charge on any atom is -0.399 e. The Morgan fingerprint density at radius 3 is 2.61 bits per heavy atom. The molecule has 0 aromatic heterocycles. The van der Waals surface area contributed by atoms with E-state index in [2.05, 4.69) is 42.8 Å². The maximum atomic E-state index is 14.0. The van der Waals surface area contributed by atoms with Crippen molar-refractivity contribution in [3.63, 3.8) is 0 Å². The van der Waals surface area contributed by atoms with Crippen LogP contribution in [0.3, 0.4) is 0 Å². The van der Waals surface area contributed by atoms with Crippen LogP contribution in [0.1, 0.15) is 56.1 Å². The van der Waals surface area contributed by atoms with Gasteiger partial charge in [0.2, 0.25) is 0 Å². The molecule has 2 aromatic carbocycles. The predicted molar refractivity (Wildman–Crippen MR) is 129 cm³/mol. The largest absolute Gasteiger partial charge is 0.399 e. The highest BCUT2D eigenvalue weighted by Crippen LogP contribution is 2.45. The summed E-state index contributed by atoms with van der Waals surface area (Å²) in [5.41, 5.74) is 11.9. The molecule has 160 valence electrons. The molecule has 0 spiro atoms. The second-order valence-electron chi connectivity index (χ2n) is 9.02. The van der Waals surface area contributed by atoms with Gasteiger partial charge >= 0.3 is 0 Å². The summed E-state index contributed by atoms with van der Waals surface area (Å²) in [6.07, 6.45) is 11.7. The second-order valence-corrected chi connectivity index (χ2v) is 9.02. The fraction of sp³-hybridized carbons (Fsp3) is 0.321. The molecule has 1 atom stereocenters. The molecule has 0 aliphatic heterocycles. The summed E-state index contributed by atoms with van der Waals surface area (Å²) >= 11 is 0. The van der Waals surface area contributed by atoms with Crippen LogP contribution in [0.25, 0.3) is 6.08 Å². The summed E-state index contributed by atoms with van der Waals surface area (Å²) in [6.45, 7) is 6.24. The van der Waals surface area contributed by atoms with Crippen LogP contribution in [0.4, 0.5) is 10.1 Å². The lowest BCUT2D eigenvalue weighted by Crippen LogP contribution is -2.03. The molecule has 2 nitrogen and oxygen atoms in total. The number of nitrogens with zero attached hydrogens (tertiary/aromatic N) is 1. The highest BCUT2D eigenvalue weighted by atomic mass is 19.1. The van der Waals surface area contributed by atoms with E-state index in [9.17, 15) is 4.39 Å². The van der Waals surface area contributed by atoms with Gasteiger partial charge in [0.15, 0.2) is 0 Å². The van der Waals surface area contributed by atoms with Gasteiger partial charge in [-0.3, -0.25) is 4.99 Å². The van der Waals surface area contributed by atoms with Gasteiger partial charge in [-0.2, -0.15) is 0 Å². The van der Waals surface area contributed by atoms with Gasteiger partial charge in [-0.05, 0) is 86.3 Å². The Labute approximate surface area is 185 Å². The van der Waals surface area contributed by atoms with Crippen molar-refractivity contribution in [1.29, 1.82) is 0 Å². The molecule has 0 heterocycles. The van der Waals surface area contributed by atoms with Crippen LogP contribution in [0.5, 0.6) is 0 Å². The topological polar surface area (TPSA) is 38.4 Å². The number of benzene rings is 2. The Bertz CT molecular complexity index is 1040. The van der Waals surface area contributed by atoms with E-state index >= 15 is 0 Å². The first kappa shape index (κ1) is 21.3. The van der Waals surface area contributed by atoms with Crippen LogP contribution in [0.2, 0.25) is 0 Å². The van der Waals surface area contributed by atoms with E-state index < -0.39 is 0 Å². The number of rotatable bonds is 9. The molecule has 2 aliphatic carbocycles. The number of hydrogen-bond acceptors (Lipinski definition) is 2. The molecule has 0 amide bonds. The summed E-state index contributed by atoms with van der Waals surface area (Å²) in [5.74, 6) is 1.42. The number of allylic oxidation sites excluding steroid dienone is 3. The Morgan fingerprint density at radius 1 is 1.16 bits per heavy atom. The van der Waals surface area contributed by atoms with Gasteiger partial charge in [0.05, 0.1) is 5.69 Å². The highest BCUT2D eigenvalue weighted by molar-refractivity contribution is 6.00. The third-order valence-corrected chi connectivity index (χ3v) is 5.98. The molecule has 0 saturated heterocycles. The number of hydrogen-bond donors (Lipinski definition) is 1. The van der Waals surface area contributed by atoms with Gasteiger partial charge in [-0.1, -0.05) is 48.0 Å². The van der Waals surface area contributed by atoms with Crippen molar-refractivity contribution in [1.82, 2.24) is 0 Å². The molecule has 2 fully saturated rings. The second kappa shape index (κ2) is 9.47. The third kappa shape index (κ3) is 6.04. The summed E-state index contributed by atoms with van der Waals surface area (Å²) in [5, 5.41) is 0. The van der Waals surface area contributed by atoms with Crippen molar-refractivity contribution in [2.24, 2.45) is 22.6 Å². The molecule has 0 bridgehead atoms. The molecule has 4 rings (SSSR count). The summed E-state index contributed by atoms with van der Waals surface area (Å²) in [4.78, 5) is 4.55. The predicted octanol–water partition coefficient (Wildman–Crippen LogP) is 7.32. The van der Waals surface area contributed by atoms with Gasteiger partial charge < -0.3 is 5.73 Å². The van der Waals surface area contributed by atoms with E-state index in [-0.39, 0.29) is 5.82 Å². The van der Waals surface area contributed by atoms with Crippen LogP contribution < -0.4 is 5.73 Å². The molecule has 0 radical (unpaired) electrons. The van der Waals surface area contributed by atoms with Crippen molar-refractivity contribution >= 4 is 17.5 Å². The van der Waals surface area contributed by atoms with Crippen molar-refractivity contribution in [2.75, 3.05) is 0 Å². The van der Waals surface area contributed by atoms with Gasteiger partial charge in [0, 0.05) is 17.3 Å². The molecular formula is C28H31FN2. The Hall–Kier alpha value is -2.94. The van der Waals surface area contributed by atoms with Crippen molar-refractivity contribution in [3.8, 4) is 0 Å². The fourth-order valence-electron chi connectivity index (χ4n) is 4.04. The fourth-order valence-corrected chi connectivity index (χ4v) is 4.04. The van der Waals surface area contributed by atoms with Crippen molar-refractivity contribution in [3.05, 3.63) is 95.5 Å². The minimum absolute atomic E-state index is 0.306. The normalized spacial score (nSPS) is 18.4. The zero-order valence-electron chi connectivity index (χ0n) is 18.2. The SMILES string of the molecule is C=C(C)CC(c1cccc(/C=C/C(N)=CC(=Nc2ccccc2F)C2CC2)c1)C1CC1. The van der Waals surface area contributed by atoms with E-state index in [4.69, 9.17) is 5.73 Å². The number of aliphatic imine (C=N–C) groups is 1. The molecule has 3 heteroatoms. The first-order chi connectivity index (χ1) is 15.0. The van der Waals surface area contributed by atoms with Gasteiger partial charge in [-0.15, -0.1) is 6.58 Å². The average molecular weight is 415 g/mol. The van der Waals surface area contributed by atoms with Gasteiger partial charge in [0.25, 0.3) is 0 Å². The van der Waals surface area contributed by atoms with Gasteiger partial charge in [-0.25, -0.2) is 4.39 Å². The van der Waals surface area contributed by atoms with Crippen LogP contribution in [0, 0.1) is 17.7 Å². The average Bonchev–Trinajstić information content (AvgIpc) is 3.64. The Balaban J connectivity index is 1.51. The van der Waals surface area contributed by atoms with E-state index in [0.717, 1.165) is 36.5 Å². The van der Waals surface area contributed by atoms with Crippen LogP contribution in [-0.4, -0.2) is 5.71 Å². The summed E-state index contributed by atoms with van der Waals surface area (Å²) < 4.78 is 14.0. The lowest BCUT2D eigenvalue weighted by Gasteiger charge is -2.17. The lowest BCUT2D eigenvalue weighted by atomic mass is 9.88. The Morgan fingerprint density at radius 2 is 1.94 bits per heavy atom. The van der Waals surface area contributed by atoms with Crippen molar-refractivity contribution in [2.45, 2.75) is 44.9 Å². The van der Waals surface area contributed by atoms with E-state index in [1.54, 1.807) is 18.2 Å². The highest BCUT2D eigenvalue weighted by Gasteiger charge is 2.32. The zero-order chi connectivity index (χ0) is 21.8. The van der Waals surface area contributed by atoms with Gasteiger partial charge in [0.1, 0.15) is 5.82 Å². The quantitative estimate of drug-likeness (QED) is 0.260. The van der Waals surface area contributed by atoms with Crippen molar-refractivity contribution < 1.29 is 4.39 Å². The maximum absolute atomic E-state index is 14.0.